The first kappa shape index (κ1) is 14.6. The van der Waals surface area contributed by atoms with E-state index in [-0.39, 0.29) is 0 Å². The van der Waals surface area contributed by atoms with Crippen LogP contribution in [0.15, 0.2) is 42.5 Å². The molecule has 0 fully saturated rings. The van der Waals surface area contributed by atoms with E-state index in [9.17, 15) is 0 Å². The molecule has 2 nitrogen and oxygen atoms in total. The van der Waals surface area contributed by atoms with Crippen molar-refractivity contribution >= 4 is 0 Å². The molecule has 0 aromatic heterocycles. The molecule has 0 heterocycles. The molecule has 0 spiro atoms. The summed E-state index contributed by atoms with van der Waals surface area (Å²) in [5, 5.41) is 3.33. The Bertz CT molecular complexity index is 546. The lowest BCUT2D eigenvalue weighted by Gasteiger charge is -2.11. The van der Waals surface area contributed by atoms with E-state index in [0.717, 1.165) is 31.0 Å². The Morgan fingerprint density at radius 3 is 2.25 bits per heavy atom. The Morgan fingerprint density at radius 1 is 0.950 bits per heavy atom. The van der Waals surface area contributed by atoms with Crippen LogP contribution in [-0.4, -0.2) is 6.54 Å². The first-order valence-corrected chi connectivity index (χ1v) is 7.30. The predicted molar refractivity (Wildman–Crippen MR) is 84.5 cm³/mol. The third-order valence-electron chi connectivity index (χ3n) is 3.38. The summed E-state index contributed by atoms with van der Waals surface area (Å²) in [6, 6.07) is 14.6. The lowest BCUT2D eigenvalue weighted by Crippen LogP contribution is -2.11. The summed E-state index contributed by atoms with van der Waals surface area (Å²) in [6.45, 7) is 8.25. The van der Waals surface area contributed by atoms with Gasteiger partial charge in [0.1, 0.15) is 11.5 Å². The molecule has 0 saturated heterocycles. The highest BCUT2D eigenvalue weighted by Gasteiger charge is 2.03. The maximum absolute atomic E-state index is 5.95. The monoisotopic (exact) mass is 269 g/mol. The third-order valence-corrected chi connectivity index (χ3v) is 3.38. The number of nitrogens with one attached hydrogen (secondary N) is 1. The highest BCUT2D eigenvalue weighted by atomic mass is 16.5. The quantitative estimate of drug-likeness (QED) is 0.836. The van der Waals surface area contributed by atoms with Gasteiger partial charge in [-0.1, -0.05) is 38.1 Å². The van der Waals surface area contributed by atoms with Gasteiger partial charge in [-0.3, -0.25) is 0 Å². The zero-order chi connectivity index (χ0) is 14.4. The first-order valence-electron chi connectivity index (χ1n) is 7.30. The number of hydrogen-bond donors (Lipinski definition) is 1. The highest BCUT2D eigenvalue weighted by molar-refractivity contribution is 5.40. The molecule has 0 aliphatic heterocycles. The van der Waals surface area contributed by atoms with Crippen LogP contribution < -0.4 is 10.1 Å². The molecule has 0 atom stereocenters. The van der Waals surface area contributed by atoms with Crippen LogP contribution in [0.5, 0.6) is 11.5 Å². The minimum absolute atomic E-state index is 0.893. The second-order valence-corrected chi connectivity index (χ2v) is 4.98. The average molecular weight is 269 g/mol. The van der Waals surface area contributed by atoms with Crippen LogP contribution >= 0.6 is 0 Å². The summed E-state index contributed by atoms with van der Waals surface area (Å²) >= 11 is 0. The van der Waals surface area contributed by atoms with Crippen molar-refractivity contribution < 1.29 is 4.74 Å². The molecule has 0 radical (unpaired) electrons. The minimum atomic E-state index is 0.893. The van der Waals surface area contributed by atoms with Crippen LogP contribution in [0.1, 0.15) is 30.5 Å². The van der Waals surface area contributed by atoms with E-state index >= 15 is 0 Å². The van der Waals surface area contributed by atoms with E-state index in [2.05, 4.69) is 56.4 Å². The van der Waals surface area contributed by atoms with Gasteiger partial charge in [0.25, 0.3) is 0 Å². The lowest BCUT2D eigenvalue weighted by atomic mass is 10.1. The molecule has 2 rings (SSSR count). The van der Waals surface area contributed by atoms with E-state index in [1.54, 1.807) is 0 Å². The van der Waals surface area contributed by atoms with Gasteiger partial charge in [-0.25, -0.2) is 0 Å². The van der Waals surface area contributed by atoms with Crippen molar-refractivity contribution in [2.45, 2.75) is 33.7 Å². The van der Waals surface area contributed by atoms with Gasteiger partial charge in [0.15, 0.2) is 0 Å². The topological polar surface area (TPSA) is 21.3 Å². The normalized spacial score (nSPS) is 10.6. The fraction of sp³-hybridized carbons (Fsp3) is 0.333. The molecule has 2 aromatic rings. The van der Waals surface area contributed by atoms with Crippen molar-refractivity contribution in [1.29, 1.82) is 0 Å². The Kier molecular flexibility index (Phi) is 5.19. The largest absolute Gasteiger partial charge is 0.457 e. The number of aryl methyl sites for hydroxylation is 2. The standard InChI is InChI=1S/C18H23NO/c1-4-15-6-9-17(10-7-15)20-18-11-8-16(12-14(18)3)13-19-5-2/h6-12,19H,4-5,13H2,1-3H3. The molecule has 0 saturated carbocycles. The van der Waals surface area contributed by atoms with Gasteiger partial charge in [-0.2, -0.15) is 0 Å². The Labute approximate surface area is 121 Å². The van der Waals surface area contributed by atoms with Gasteiger partial charge in [0, 0.05) is 6.54 Å². The summed E-state index contributed by atoms with van der Waals surface area (Å²) in [5.74, 6) is 1.82. The smallest absolute Gasteiger partial charge is 0.130 e. The maximum Gasteiger partial charge on any atom is 0.130 e. The van der Waals surface area contributed by atoms with Gasteiger partial charge >= 0.3 is 0 Å². The fourth-order valence-corrected chi connectivity index (χ4v) is 2.13. The highest BCUT2D eigenvalue weighted by Crippen LogP contribution is 2.26. The molecular weight excluding hydrogens is 246 g/mol. The summed E-state index contributed by atoms with van der Waals surface area (Å²) in [4.78, 5) is 0. The zero-order valence-corrected chi connectivity index (χ0v) is 12.6. The van der Waals surface area contributed by atoms with Crippen molar-refractivity contribution in [2.75, 3.05) is 6.54 Å². The Balaban J connectivity index is 2.08. The zero-order valence-electron chi connectivity index (χ0n) is 12.6. The second-order valence-electron chi connectivity index (χ2n) is 4.98. The summed E-state index contributed by atoms with van der Waals surface area (Å²) in [5.41, 5.74) is 3.79. The van der Waals surface area contributed by atoms with Crippen LogP contribution in [-0.2, 0) is 13.0 Å². The average Bonchev–Trinajstić information content (AvgIpc) is 2.48. The summed E-state index contributed by atoms with van der Waals surface area (Å²) in [6.07, 6.45) is 1.05. The van der Waals surface area contributed by atoms with Crippen LogP contribution in [0.3, 0.4) is 0 Å². The lowest BCUT2D eigenvalue weighted by molar-refractivity contribution is 0.478. The molecule has 2 heteroatoms. The molecule has 1 N–H and O–H groups in total. The van der Waals surface area contributed by atoms with Crippen molar-refractivity contribution in [3.8, 4) is 11.5 Å². The molecule has 20 heavy (non-hydrogen) atoms. The summed E-state index contributed by atoms with van der Waals surface area (Å²) in [7, 11) is 0. The number of hydrogen-bond acceptors (Lipinski definition) is 2. The van der Waals surface area contributed by atoms with Gasteiger partial charge in [0.05, 0.1) is 0 Å². The molecule has 0 amide bonds. The molecule has 0 bridgehead atoms. The van der Waals surface area contributed by atoms with Crippen molar-refractivity contribution in [3.05, 3.63) is 59.2 Å². The minimum Gasteiger partial charge on any atom is -0.457 e. The maximum atomic E-state index is 5.95. The Hall–Kier alpha value is -1.80. The van der Waals surface area contributed by atoms with E-state index in [0.29, 0.717) is 0 Å². The van der Waals surface area contributed by atoms with Crippen molar-refractivity contribution in [2.24, 2.45) is 0 Å². The van der Waals surface area contributed by atoms with E-state index < -0.39 is 0 Å². The van der Waals surface area contributed by atoms with Crippen LogP contribution in [0, 0.1) is 6.92 Å². The van der Waals surface area contributed by atoms with Gasteiger partial charge in [-0.15, -0.1) is 0 Å². The van der Waals surface area contributed by atoms with Crippen LogP contribution in [0.2, 0.25) is 0 Å². The van der Waals surface area contributed by atoms with Gasteiger partial charge < -0.3 is 10.1 Å². The van der Waals surface area contributed by atoms with Crippen LogP contribution in [0.4, 0.5) is 0 Å². The Morgan fingerprint density at radius 2 is 1.65 bits per heavy atom. The second kappa shape index (κ2) is 7.11. The molecule has 0 aliphatic rings. The molecule has 0 aliphatic carbocycles. The summed E-state index contributed by atoms with van der Waals surface area (Å²) < 4.78 is 5.95. The van der Waals surface area contributed by atoms with E-state index in [1.807, 2.05) is 12.1 Å². The predicted octanol–water partition coefficient (Wildman–Crippen LogP) is 4.46. The molecule has 0 unspecified atom stereocenters. The fourth-order valence-electron chi connectivity index (χ4n) is 2.13. The number of ether oxygens (including phenoxy) is 1. The van der Waals surface area contributed by atoms with Crippen molar-refractivity contribution in [3.63, 3.8) is 0 Å². The third kappa shape index (κ3) is 3.84. The van der Waals surface area contributed by atoms with Gasteiger partial charge in [0.2, 0.25) is 0 Å². The number of benzene rings is 2. The molecular formula is C18H23NO. The van der Waals surface area contributed by atoms with Crippen LogP contribution in [0.25, 0.3) is 0 Å². The number of rotatable bonds is 6. The molecule has 2 aromatic carbocycles. The van der Waals surface area contributed by atoms with E-state index in [1.165, 1.54) is 16.7 Å². The van der Waals surface area contributed by atoms with E-state index in [4.69, 9.17) is 4.74 Å². The van der Waals surface area contributed by atoms with Gasteiger partial charge in [-0.05, 0) is 54.8 Å². The SMILES string of the molecule is CCNCc1ccc(Oc2ccc(CC)cc2)c(C)c1. The molecule has 106 valence electrons. The van der Waals surface area contributed by atoms with Crippen molar-refractivity contribution in [1.82, 2.24) is 5.32 Å². The first-order chi connectivity index (χ1) is 9.72.